The molecule has 0 radical (unpaired) electrons. The van der Waals surface area contributed by atoms with E-state index in [1.807, 2.05) is 0 Å². The largest absolute Gasteiger partial charge is 0.306 e. The Morgan fingerprint density at radius 2 is 2.29 bits per heavy atom. The molecule has 9 heteroatoms. The lowest BCUT2D eigenvalue weighted by Crippen LogP contribution is -2.36. The van der Waals surface area contributed by atoms with E-state index in [4.69, 9.17) is 11.6 Å². The topological polar surface area (TPSA) is 46.1 Å². The van der Waals surface area contributed by atoms with E-state index in [9.17, 15) is 13.6 Å². The fourth-order valence-corrected chi connectivity index (χ4v) is 3.11. The summed E-state index contributed by atoms with van der Waals surface area (Å²) in [6.45, 7) is -0.671. The van der Waals surface area contributed by atoms with Crippen molar-refractivity contribution in [3.63, 3.8) is 0 Å². The second-order valence-corrected chi connectivity index (χ2v) is 6.36. The van der Waals surface area contributed by atoms with Crippen molar-refractivity contribution in [2.45, 2.75) is 10.8 Å². The number of rotatable bonds is 6. The minimum Gasteiger partial charge on any atom is -0.306 e. The molecule has 112 valence electrons. The Labute approximate surface area is 133 Å². The quantitative estimate of drug-likeness (QED) is 0.748. The molecule has 0 aliphatic heterocycles. The van der Waals surface area contributed by atoms with Gasteiger partial charge >= 0.3 is 0 Å². The number of thioether (sulfide) groups is 1. The van der Waals surface area contributed by atoms with Crippen LogP contribution in [0.2, 0.25) is 5.02 Å². The number of anilines is 1. The molecule has 2 rings (SSSR count). The van der Waals surface area contributed by atoms with Crippen LogP contribution >= 0.6 is 34.7 Å². The van der Waals surface area contributed by atoms with Gasteiger partial charge in [-0.1, -0.05) is 40.8 Å². The number of benzene rings is 1. The molecule has 0 atom stereocenters. The predicted molar refractivity (Wildman–Crippen MR) is 80.4 cm³/mol. The SMILES string of the molecule is O=C(CSc1nncs1)N(CC(F)F)c1cccc(Cl)c1. The van der Waals surface area contributed by atoms with Gasteiger partial charge < -0.3 is 4.90 Å². The fourth-order valence-electron chi connectivity index (χ4n) is 1.56. The average molecular weight is 350 g/mol. The summed E-state index contributed by atoms with van der Waals surface area (Å²) < 4.78 is 26.0. The lowest BCUT2D eigenvalue weighted by Gasteiger charge is -2.22. The van der Waals surface area contributed by atoms with Crippen LogP contribution in [0.15, 0.2) is 34.1 Å². The highest BCUT2D eigenvalue weighted by Crippen LogP contribution is 2.24. The van der Waals surface area contributed by atoms with E-state index in [0.29, 0.717) is 15.0 Å². The summed E-state index contributed by atoms with van der Waals surface area (Å²) >= 11 is 8.30. The lowest BCUT2D eigenvalue weighted by atomic mass is 10.3. The highest BCUT2D eigenvalue weighted by atomic mass is 35.5. The zero-order valence-corrected chi connectivity index (χ0v) is 13.0. The summed E-state index contributed by atoms with van der Waals surface area (Å²) in [5.41, 5.74) is 1.89. The van der Waals surface area contributed by atoms with Gasteiger partial charge in [-0.05, 0) is 18.2 Å². The van der Waals surface area contributed by atoms with Crippen molar-refractivity contribution in [2.75, 3.05) is 17.2 Å². The zero-order valence-electron chi connectivity index (χ0n) is 10.6. The first-order chi connectivity index (χ1) is 10.1. The molecule has 0 saturated carbocycles. The number of aromatic nitrogens is 2. The predicted octanol–water partition coefficient (Wildman–Crippen LogP) is 3.58. The van der Waals surface area contributed by atoms with Gasteiger partial charge in [0, 0.05) is 10.7 Å². The Hall–Kier alpha value is -1.25. The van der Waals surface area contributed by atoms with Gasteiger partial charge in [-0.3, -0.25) is 4.79 Å². The van der Waals surface area contributed by atoms with Crippen molar-refractivity contribution in [3.05, 3.63) is 34.8 Å². The van der Waals surface area contributed by atoms with Gasteiger partial charge in [-0.25, -0.2) is 8.78 Å². The van der Waals surface area contributed by atoms with E-state index in [1.54, 1.807) is 23.7 Å². The molecular weight excluding hydrogens is 340 g/mol. The molecule has 0 saturated heterocycles. The summed E-state index contributed by atoms with van der Waals surface area (Å²) in [7, 11) is 0. The van der Waals surface area contributed by atoms with Crippen LogP contribution in [0.4, 0.5) is 14.5 Å². The molecule has 0 aliphatic carbocycles. The van der Waals surface area contributed by atoms with Gasteiger partial charge in [0.2, 0.25) is 5.91 Å². The average Bonchev–Trinajstić information content (AvgIpc) is 2.95. The lowest BCUT2D eigenvalue weighted by molar-refractivity contribution is -0.116. The van der Waals surface area contributed by atoms with Gasteiger partial charge in [0.15, 0.2) is 4.34 Å². The third kappa shape index (κ3) is 4.90. The van der Waals surface area contributed by atoms with Crippen molar-refractivity contribution in [1.29, 1.82) is 0 Å². The highest BCUT2D eigenvalue weighted by Gasteiger charge is 2.20. The van der Waals surface area contributed by atoms with Crippen molar-refractivity contribution in [2.24, 2.45) is 0 Å². The van der Waals surface area contributed by atoms with E-state index in [0.717, 1.165) is 4.90 Å². The molecule has 1 aromatic heterocycles. The molecule has 2 aromatic rings. The summed E-state index contributed by atoms with van der Waals surface area (Å²) in [5, 5.41) is 7.82. The van der Waals surface area contributed by atoms with Gasteiger partial charge in [0.25, 0.3) is 6.43 Å². The molecule has 4 nitrogen and oxygen atoms in total. The first kappa shape index (κ1) is 16.1. The van der Waals surface area contributed by atoms with Crippen molar-refractivity contribution >= 4 is 46.3 Å². The fraction of sp³-hybridized carbons (Fsp3) is 0.250. The summed E-state index contributed by atoms with van der Waals surface area (Å²) in [6.07, 6.45) is -2.63. The van der Waals surface area contributed by atoms with E-state index < -0.39 is 18.9 Å². The first-order valence-corrected chi connectivity index (χ1v) is 8.03. The summed E-state index contributed by atoms with van der Waals surface area (Å²) in [6, 6.07) is 6.28. The van der Waals surface area contributed by atoms with E-state index in [2.05, 4.69) is 10.2 Å². The van der Waals surface area contributed by atoms with Crippen LogP contribution in [-0.2, 0) is 4.79 Å². The third-order valence-electron chi connectivity index (χ3n) is 2.40. The van der Waals surface area contributed by atoms with Crippen LogP contribution in [0.1, 0.15) is 0 Å². The Bertz CT molecular complexity index is 598. The van der Waals surface area contributed by atoms with Crippen LogP contribution in [0.5, 0.6) is 0 Å². The number of alkyl halides is 2. The number of nitrogens with zero attached hydrogens (tertiary/aromatic N) is 3. The van der Waals surface area contributed by atoms with Gasteiger partial charge in [0.1, 0.15) is 5.51 Å². The second-order valence-electron chi connectivity index (χ2n) is 3.87. The van der Waals surface area contributed by atoms with Crippen LogP contribution in [-0.4, -0.2) is 34.8 Å². The van der Waals surface area contributed by atoms with Crippen LogP contribution in [0.25, 0.3) is 0 Å². The molecule has 1 heterocycles. The van der Waals surface area contributed by atoms with Crippen molar-refractivity contribution < 1.29 is 13.6 Å². The van der Waals surface area contributed by atoms with E-state index >= 15 is 0 Å². The van der Waals surface area contributed by atoms with Crippen molar-refractivity contribution in [3.8, 4) is 0 Å². The van der Waals surface area contributed by atoms with E-state index in [-0.39, 0.29) is 5.75 Å². The third-order valence-corrected chi connectivity index (χ3v) is 4.48. The Balaban J connectivity index is 2.09. The Morgan fingerprint density at radius 3 is 2.90 bits per heavy atom. The molecule has 21 heavy (non-hydrogen) atoms. The number of carbonyl (C=O) groups excluding carboxylic acids is 1. The monoisotopic (exact) mass is 349 g/mol. The van der Waals surface area contributed by atoms with Crippen LogP contribution in [0, 0.1) is 0 Å². The molecule has 0 bridgehead atoms. The zero-order chi connectivity index (χ0) is 15.2. The maximum absolute atomic E-state index is 12.7. The maximum atomic E-state index is 12.7. The van der Waals surface area contributed by atoms with Crippen LogP contribution < -0.4 is 4.90 Å². The highest BCUT2D eigenvalue weighted by molar-refractivity contribution is 8.01. The molecule has 0 spiro atoms. The van der Waals surface area contributed by atoms with Gasteiger partial charge in [-0.15, -0.1) is 10.2 Å². The second kappa shape index (κ2) is 7.67. The summed E-state index contributed by atoms with van der Waals surface area (Å²) in [4.78, 5) is 13.2. The first-order valence-electron chi connectivity index (χ1n) is 5.79. The smallest absolute Gasteiger partial charge is 0.256 e. The number of halogens is 3. The number of hydrogen-bond donors (Lipinski definition) is 0. The minimum absolute atomic E-state index is 0.00836. The molecule has 0 N–H and O–H groups in total. The maximum Gasteiger partial charge on any atom is 0.256 e. The van der Waals surface area contributed by atoms with Gasteiger partial charge in [0.05, 0.1) is 12.3 Å². The van der Waals surface area contributed by atoms with Crippen LogP contribution in [0.3, 0.4) is 0 Å². The minimum atomic E-state index is -2.63. The number of carbonyl (C=O) groups is 1. The summed E-state index contributed by atoms with van der Waals surface area (Å²) in [5.74, 6) is -0.424. The Kier molecular flexibility index (Phi) is 5.89. The Morgan fingerprint density at radius 1 is 1.48 bits per heavy atom. The molecule has 1 amide bonds. The van der Waals surface area contributed by atoms with Crippen molar-refractivity contribution in [1.82, 2.24) is 10.2 Å². The molecule has 0 fully saturated rings. The molecule has 1 aromatic carbocycles. The number of hydrogen-bond acceptors (Lipinski definition) is 5. The standard InChI is InChI=1S/C12H10ClF2N3OS2/c13-8-2-1-3-9(4-8)18(5-10(14)15)11(19)6-20-12-17-16-7-21-12/h1-4,7,10H,5-6H2. The molecule has 0 aliphatic rings. The van der Waals surface area contributed by atoms with Gasteiger partial charge in [-0.2, -0.15) is 0 Å². The number of amides is 1. The van der Waals surface area contributed by atoms with E-state index in [1.165, 1.54) is 29.2 Å². The normalized spacial score (nSPS) is 10.9. The molecular formula is C12H10ClF2N3OS2. The molecule has 0 unspecified atom stereocenters.